The number of aromatic nitrogens is 4. The molecule has 126 valence electrons. The van der Waals surface area contributed by atoms with Crippen molar-refractivity contribution in [2.24, 2.45) is 0 Å². The Hall–Kier alpha value is -1.46. The second kappa shape index (κ2) is 13.2. The molecule has 1 aromatic rings. The lowest BCUT2D eigenvalue weighted by atomic mass is 10.0. The molecule has 0 fully saturated rings. The van der Waals surface area contributed by atoms with Gasteiger partial charge in [-0.3, -0.25) is 4.79 Å². The van der Waals surface area contributed by atoms with Crippen molar-refractivity contribution in [3.05, 3.63) is 6.33 Å². The fourth-order valence-electron chi connectivity index (χ4n) is 2.60. The minimum atomic E-state index is -0.669. The molecule has 0 bridgehead atoms. The third-order valence-electron chi connectivity index (χ3n) is 3.92. The van der Waals surface area contributed by atoms with E-state index in [0.29, 0.717) is 6.42 Å². The highest BCUT2D eigenvalue weighted by Gasteiger charge is 1.97. The number of hydrogen-bond acceptors (Lipinski definition) is 4. The molecule has 0 radical (unpaired) electrons. The van der Waals surface area contributed by atoms with Gasteiger partial charge in [0, 0.05) is 13.0 Å². The molecule has 0 saturated carbocycles. The monoisotopic (exact) mass is 310 g/mol. The summed E-state index contributed by atoms with van der Waals surface area (Å²) in [6.07, 6.45) is 16.7. The van der Waals surface area contributed by atoms with Crippen LogP contribution in [0.2, 0.25) is 0 Å². The molecule has 0 unspecified atom stereocenters. The van der Waals surface area contributed by atoms with E-state index in [1.807, 2.05) is 0 Å². The molecule has 0 atom stereocenters. The Balaban J connectivity index is 1.70. The van der Waals surface area contributed by atoms with Gasteiger partial charge in [-0.05, 0) is 23.3 Å². The first-order valence-corrected chi connectivity index (χ1v) is 8.71. The molecule has 6 heteroatoms. The number of carbonyl (C=O) groups is 1. The van der Waals surface area contributed by atoms with Gasteiger partial charge in [0.25, 0.3) is 0 Å². The maximum Gasteiger partial charge on any atom is 0.303 e. The van der Waals surface area contributed by atoms with Crippen molar-refractivity contribution in [1.82, 2.24) is 20.2 Å². The molecule has 1 aromatic heterocycles. The second-order valence-corrected chi connectivity index (χ2v) is 5.96. The number of aryl methyl sites for hydroxylation is 1. The summed E-state index contributed by atoms with van der Waals surface area (Å²) in [6.45, 7) is 0.925. The van der Waals surface area contributed by atoms with Crippen LogP contribution in [0.5, 0.6) is 0 Å². The van der Waals surface area contributed by atoms with Gasteiger partial charge in [-0.15, -0.1) is 5.10 Å². The largest absolute Gasteiger partial charge is 0.481 e. The van der Waals surface area contributed by atoms with Crippen LogP contribution < -0.4 is 0 Å². The number of rotatable bonds is 15. The highest BCUT2D eigenvalue weighted by Crippen LogP contribution is 2.12. The van der Waals surface area contributed by atoms with E-state index in [9.17, 15) is 4.79 Å². The van der Waals surface area contributed by atoms with E-state index < -0.39 is 5.97 Å². The molecule has 1 rings (SSSR count). The number of nitrogens with zero attached hydrogens (tertiary/aromatic N) is 4. The Bertz CT molecular complexity index is 368. The Kier molecular flexibility index (Phi) is 11.2. The van der Waals surface area contributed by atoms with Crippen LogP contribution in [0.1, 0.15) is 83.5 Å². The van der Waals surface area contributed by atoms with Gasteiger partial charge < -0.3 is 5.11 Å². The fourth-order valence-corrected chi connectivity index (χ4v) is 2.60. The lowest BCUT2D eigenvalue weighted by Crippen LogP contribution is -1.98. The first-order valence-electron chi connectivity index (χ1n) is 8.71. The molecule has 0 aliphatic rings. The summed E-state index contributed by atoms with van der Waals surface area (Å²) < 4.78 is 1.79. The van der Waals surface area contributed by atoms with E-state index in [4.69, 9.17) is 5.11 Å². The SMILES string of the molecule is O=C(O)CCCCCCCCCCCCCCn1cnnn1. The van der Waals surface area contributed by atoms with Crippen molar-refractivity contribution in [3.63, 3.8) is 0 Å². The molecule has 0 aromatic carbocycles. The lowest BCUT2D eigenvalue weighted by molar-refractivity contribution is -0.137. The number of tetrazole rings is 1. The highest BCUT2D eigenvalue weighted by molar-refractivity contribution is 5.66. The fraction of sp³-hybridized carbons (Fsp3) is 0.875. The average Bonchev–Trinajstić information content (AvgIpc) is 3.00. The second-order valence-electron chi connectivity index (χ2n) is 5.96. The minimum absolute atomic E-state index is 0.327. The summed E-state index contributed by atoms with van der Waals surface area (Å²) in [5, 5.41) is 19.6. The normalized spacial score (nSPS) is 10.9. The van der Waals surface area contributed by atoms with Crippen LogP contribution in [0.3, 0.4) is 0 Å². The molecule has 0 saturated heterocycles. The summed E-state index contributed by atoms with van der Waals surface area (Å²) in [4.78, 5) is 10.4. The Morgan fingerprint density at radius 1 is 0.818 bits per heavy atom. The Labute approximate surface area is 133 Å². The molecule has 0 amide bonds. The van der Waals surface area contributed by atoms with Crippen molar-refractivity contribution >= 4 is 5.97 Å². The lowest BCUT2D eigenvalue weighted by Gasteiger charge is -2.03. The average molecular weight is 310 g/mol. The van der Waals surface area contributed by atoms with Crippen LogP contribution in [0.4, 0.5) is 0 Å². The number of unbranched alkanes of at least 4 members (excludes halogenated alkanes) is 11. The number of aliphatic carboxylic acids is 1. The van der Waals surface area contributed by atoms with Crippen molar-refractivity contribution in [2.45, 2.75) is 90.0 Å². The Morgan fingerprint density at radius 3 is 1.77 bits per heavy atom. The maximum atomic E-state index is 10.4. The summed E-state index contributed by atoms with van der Waals surface area (Å²) in [5.41, 5.74) is 0. The predicted molar refractivity (Wildman–Crippen MR) is 85.5 cm³/mol. The van der Waals surface area contributed by atoms with Crippen LogP contribution in [0.15, 0.2) is 6.33 Å². The number of carboxylic acids is 1. The van der Waals surface area contributed by atoms with E-state index in [2.05, 4.69) is 15.5 Å². The van der Waals surface area contributed by atoms with E-state index >= 15 is 0 Å². The van der Waals surface area contributed by atoms with E-state index in [-0.39, 0.29) is 0 Å². The van der Waals surface area contributed by atoms with Gasteiger partial charge >= 0.3 is 5.97 Å². The molecule has 0 aliphatic heterocycles. The first kappa shape index (κ1) is 18.6. The number of hydrogen-bond donors (Lipinski definition) is 1. The summed E-state index contributed by atoms with van der Waals surface area (Å²) in [7, 11) is 0. The minimum Gasteiger partial charge on any atom is -0.481 e. The quantitative estimate of drug-likeness (QED) is 0.498. The third-order valence-corrected chi connectivity index (χ3v) is 3.92. The van der Waals surface area contributed by atoms with Crippen LogP contribution in [0.25, 0.3) is 0 Å². The van der Waals surface area contributed by atoms with E-state index in [1.54, 1.807) is 11.0 Å². The van der Waals surface area contributed by atoms with Gasteiger partial charge in [-0.25, -0.2) is 4.68 Å². The molecule has 6 nitrogen and oxygen atoms in total. The molecule has 0 spiro atoms. The molecule has 1 N–H and O–H groups in total. The summed E-state index contributed by atoms with van der Waals surface area (Å²) in [5.74, 6) is -0.669. The van der Waals surface area contributed by atoms with Gasteiger partial charge in [0.1, 0.15) is 6.33 Å². The van der Waals surface area contributed by atoms with Crippen molar-refractivity contribution in [2.75, 3.05) is 0 Å². The summed E-state index contributed by atoms with van der Waals surface area (Å²) in [6, 6.07) is 0. The predicted octanol–water partition coefficient (Wildman–Crippen LogP) is 3.83. The topological polar surface area (TPSA) is 80.9 Å². The van der Waals surface area contributed by atoms with Crippen LogP contribution >= 0.6 is 0 Å². The summed E-state index contributed by atoms with van der Waals surface area (Å²) >= 11 is 0. The van der Waals surface area contributed by atoms with Crippen LogP contribution in [-0.4, -0.2) is 31.3 Å². The Morgan fingerprint density at radius 2 is 1.32 bits per heavy atom. The van der Waals surface area contributed by atoms with Crippen molar-refractivity contribution in [3.8, 4) is 0 Å². The molecular weight excluding hydrogens is 280 g/mol. The van der Waals surface area contributed by atoms with Gasteiger partial charge in [-0.1, -0.05) is 64.2 Å². The van der Waals surface area contributed by atoms with Gasteiger partial charge in [-0.2, -0.15) is 0 Å². The zero-order valence-corrected chi connectivity index (χ0v) is 13.6. The molecule has 22 heavy (non-hydrogen) atoms. The van der Waals surface area contributed by atoms with Crippen molar-refractivity contribution in [1.29, 1.82) is 0 Å². The van der Waals surface area contributed by atoms with Gasteiger partial charge in [0.15, 0.2) is 0 Å². The maximum absolute atomic E-state index is 10.4. The third kappa shape index (κ3) is 11.2. The van der Waals surface area contributed by atoms with E-state index in [0.717, 1.165) is 25.8 Å². The number of carboxylic acid groups (broad SMARTS) is 1. The molecule has 0 aliphatic carbocycles. The zero-order chi connectivity index (χ0) is 15.9. The van der Waals surface area contributed by atoms with Gasteiger partial charge in [0.2, 0.25) is 0 Å². The smallest absolute Gasteiger partial charge is 0.303 e. The first-order chi connectivity index (χ1) is 10.8. The standard InChI is InChI=1S/C16H30N4O2/c21-16(22)13-11-9-7-5-3-1-2-4-6-8-10-12-14-20-15-17-18-19-20/h15H,1-14H2,(H,21,22). The van der Waals surface area contributed by atoms with Crippen LogP contribution in [0, 0.1) is 0 Å². The molecular formula is C16H30N4O2. The van der Waals surface area contributed by atoms with E-state index in [1.165, 1.54) is 57.8 Å². The highest BCUT2D eigenvalue weighted by atomic mass is 16.4. The van der Waals surface area contributed by atoms with Crippen LogP contribution in [-0.2, 0) is 11.3 Å². The molecule has 1 heterocycles. The van der Waals surface area contributed by atoms with Crippen molar-refractivity contribution < 1.29 is 9.90 Å². The van der Waals surface area contributed by atoms with Gasteiger partial charge in [0.05, 0.1) is 0 Å². The zero-order valence-electron chi connectivity index (χ0n) is 13.6.